The van der Waals surface area contributed by atoms with Crippen LogP contribution in [0.25, 0.3) is 5.69 Å². The Morgan fingerprint density at radius 1 is 1.25 bits per heavy atom. The van der Waals surface area contributed by atoms with Crippen molar-refractivity contribution in [2.24, 2.45) is 0 Å². The summed E-state index contributed by atoms with van der Waals surface area (Å²) >= 11 is 0. The SMILES string of the molecule is Cc1nn(-c2ccc(C(=O)N(CC(F)F)C3CC3)cc2)c(C)c1CCC(=O)O. The highest BCUT2D eigenvalue weighted by atomic mass is 19.3. The van der Waals surface area contributed by atoms with Gasteiger partial charge in [-0.05, 0) is 62.9 Å². The smallest absolute Gasteiger partial charge is 0.303 e. The predicted molar refractivity (Wildman–Crippen MR) is 99.1 cm³/mol. The minimum absolute atomic E-state index is 0.0297. The number of aliphatic carboxylic acids is 1. The molecule has 0 saturated heterocycles. The van der Waals surface area contributed by atoms with Crippen molar-refractivity contribution in [2.45, 2.75) is 52.0 Å². The Hall–Kier alpha value is -2.77. The van der Waals surface area contributed by atoms with Crippen LogP contribution in [0, 0.1) is 13.8 Å². The standard InChI is InChI=1S/C20H23F2N3O3/c1-12-17(9-10-19(26)27)13(2)25(23-12)16-5-3-14(4-6-16)20(28)24(11-18(21)22)15-7-8-15/h3-6,15,18H,7-11H2,1-2H3,(H,26,27). The number of carboxylic acid groups (broad SMARTS) is 1. The number of amides is 1. The van der Waals surface area contributed by atoms with Gasteiger partial charge in [0, 0.05) is 23.7 Å². The van der Waals surface area contributed by atoms with Crippen molar-refractivity contribution in [3.63, 3.8) is 0 Å². The highest BCUT2D eigenvalue weighted by Crippen LogP contribution is 2.29. The molecular weight excluding hydrogens is 368 g/mol. The van der Waals surface area contributed by atoms with Crippen molar-refractivity contribution < 1.29 is 23.5 Å². The van der Waals surface area contributed by atoms with Gasteiger partial charge in [-0.1, -0.05) is 0 Å². The van der Waals surface area contributed by atoms with Crippen LogP contribution < -0.4 is 0 Å². The predicted octanol–water partition coefficient (Wildman–Crippen LogP) is 3.38. The summed E-state index contributed by atoms with van der Waals surface area (Å²) in [6.07, 6.45) is -0.596. The van der Waals surface area contributed by atoms with Crippen LogP contribution in [-0.2, 0) is 11.2 Å². The Morgan fingerprint density at radius 2 is 1.89 bits per heavy atom. The van der Waals surface area contributed by atoms with Crippen LogP contribution in [0.5, 0.6) is 0 Å². The fourth-order valence-corrected chi connectivity index (χ4v) is 3.36. The van der Waals surface area contributed by atoms with Crippen molar-refractivity contribution >= 4 is 11.9 Å². The van der Waals surface area contributed by atoms with Gasteiger partial charge in [0.05, 0.1) is 17.9 Å². The second-order valence-electron chi connectivity index (χ2n) is 7.08. The summed E-state index contributed by atoms with van der Waals surface area (Å²) in [4.78, 5) is 24.7. The Kier molecular flexibility index (Phi) is 5.76. The van der Waals surface area contributed by atoms with Crippen LogP contribution in [-0.4, -0.2) is 50.7 Å². The van der Waals surface area contributed by atoms with Gasteiger partial charge in [0.1, 0.15) is 0 Å². The maximum Gasteiger partial charge on any atom is 0.303 e. The average Bonchev–Trinajstić information content (AvgIpc) is 3.44. The lowest BCUT2D eigenvalue weighted by Crippen LogP contribution is -2.36. The molecule has 1 aliphatic carbocycles. The van der Waals surface area contributed by atoms with Crippen LogP contribution in [0.4, 0.5) is 8.78 Å². The summed E-state index contributed by atoms with van der Waals surface area (Å²) in [7, 11) is 0. The van der Waals surface area contributed by atoms with E-state index in [-0.39, 0.29) is 18.4 Å². The molecule has 1 heterocycles. The summed E-state index contributed by atoms with van der Waals surface area (Å²) in [6, 6.07) is 6.59. The molecule has 3 rings (SSSR count). The Labute approximate surface area is 161 Å². The van der Waals surface area contributed by atoms with E-state index in [2.05, 4.69) is 5.10 Å². The highest BCUT2D eigenvalue weighted by Gasteiger charge is 2.34. The van der Waals surface area contributed by atoms with Gasteiger partial charge in [-0.15, -0.1) is 0 Å². The molecule has 1 saturated carbocycles. The number of carboxylic acids is 1. The first-order valence-electron chi connectivity index (χ1n) is 9.24. The van der Waals surface area contributed by atoms with Crippen molar-refractivity contribution in [2.75, 3.05) is 6.54 Å². The zero-order chi connectivity index (χ0) is 20.4. The molecule has 6 nitrogen and oxygen atoms in total. The summed E-state index contributed by atoms with van der Waals surface area (Å²) in [6.45, 7) is 3.15. The average molecular weight is 391 g/mol. The molecule has 1 aliphatic rings. The van der Waals surface area contributed by atoms with E-state index in [1.807, 2.05) is 13.8 Å². The van der Waals surface area contributed by atoms with Gasteiger partial charge in [0.25, 0.3) is 12.3 Å². The fraction of sp³-hybridized carbons (Fsp3) is 0.450. The van der Waals surface area contributed by atoms with E-state index in [4.69, 9.17) is 5.11 Å². The molecule has 0 spiro atoms. The normalized spacial score (nSPS) is 13.8. The molecule has 0 radical (unpaired) electrons. The quantitative estimate of drug-likeness (QED) is 0.749. The van der Waals surface area contributed by atoms with Crippen LogP contribution in [0.1, 0.15) is 46.6 Å². The van der Waals surface area contributed by atoms with E-state index < -0.39 is 18.9 Å². The van der Waals surface area contributed by atoms with Crippen molar-refractivity contribution in [3.05, 3.63) is 46.8 Å². The third-order valence-electron chi connectivity index (χ3n) is 4.97. The zero-order valence-corrected chi connectivity index (χ0v) is 15.9. The molecule has 150 valence electrons. The lowest BCUT2D eigenvalue weighted by atomic mass is 10.1. The number of aromatic nitrogens is 2. The molecule has 1 amide bonds. The van der Waals surface area contributed by atoms with Gasteiger partial charge in [0.2, 0.25) is 0 Å². The molecule has 2 aromatic rings. The molecule has 1 aromatic heterocycles. The Bertz CT molecular complexity index is 874. The first-order chi connectivity index (χ1) is 13.3. The lowest BCUT2D eigenvalue weighted by molar-refractivity contribution is -0.136. The molecule has 0 atom stereocenters. The van der Waals surface area contributed by atoms with Gasteiger partial charge in [-0.2, -0.15) is 5.10 Å². The summed E-state index contributed by atoms with van der Waals surface area (Å²) < 4.78 is 27.3. The number of carbonyl (C=O) groups is 2. The van der Waals surface area contributed by atoms with Gasteiger partial charge in [0.15, 0.2) is 0 Å². The largest absolute Gasteiger partial charge is 0.481 e. The number of benzene rings is 1. The summed E-state index contributed by atoms with van der Waals surface area (Å²) in [5, 5.41) is 13.4. The van der Waals surface area contributed by atoms with E-state index in [9.17, 15) is 18.4 Å². The number of aryl methyl sites for hydroxylation is 1. The second kappa shape index (κ2) is 8.08. The van der Waals surface area contributed by atoms with Crippen LogP contribution >= 0.6 is 0 Å². The monoisotopic (exact) mass is 391 g/mol. The lowest BCUT2D eigenvalue weighted by Gasteiger charge is -2.22. The Morgan fingerprint density at radius 3 is 2.43 bits per heavy atom. The molecule has 0 unspecified atom stereocenters. The van der Waals surface area contributed by atoms with E-state index >= 15 is 0 Å². The van der Waals surface area contributed by atoms with E-state index in [0.29, 0.717) is 12.0 Å². The van der Waals surface area contributed by atoms with Gasteiger partial charge in [-0.25, -0.2) is 13.5 Å². The number of halogens is 2. The van der Waals surface area contributed by atoms with Crippen LogP contribution in [0.15, 0.2) is 24.3 Å². The van der Waals surface area contributed by atoms with Crippen molar-refractivity contribution in [3.8, 4) is 5.69 Å². The number of rotatable bonds is 8. The minimum Gasteiger partial charge on any atom is -0.481 e. The minimum atomic E-state index is -2.55. The molecule has 8 heteroatoms. The van der Waals surface area contributed by atoms with Gasteiger partial charge < -0.3 is 10.0 Å². The molecule has 0 bridgehead atoms. The van der Waals surface area contributed by atoms with Gasteiger partial charge >= 0.3 is 5.97 Å². The topological polar surface area (TPSA) is 75.4 Å². The molecule has 1 fully saturated rings. The van der Waals surface area contributed by atoms with E-state index in [1.165, 1.54) is 4.90 Å². The molecular formula is C20H23F2N3O3. The third kappa shape index (κ3) is 4.37. The number of hydrogen-bond donors (Lipinski definition) is 1. The molecule has 0 aliphatic heterocycles. The van der Waals surface area contributed by atoms with Crippen LogP contribution in [0.2, 0.25) is 0 Å². The maximum atomic E-state index is 12.8. The van der Waals surface area contributed by atoms with Crippen LogP contribution in [0.3, 0.4) is 0 Å². The number of hydrogen-bond acceptors (Lipinski definition) is 3. The Balaban J connectivity index is 1.80. The van der Waals surface area contributed by atoms with Gasteiger partial charge in [-0.3, -0.25) is 9.59 Å². The summed E-state index contributed by atoms with van der Waals surface area (Å²) in [5.41, 5.74) is 3.58. The third-order valence-corrected chi connectivity index (χ3v) is 4.97. The fourth-order valence-electron chi connectivity index (χ4n) is 3.36. The first-order valence-corrected chi connectivity index (χ1v) is 9.24. The van der Waals surface area contributed by atoms with Crippen molar-refractivity contribution in [1.29, 1.82) is 0 Å². The highest BCUT2D eigenvalue weighted by molar-refractivity contribution is 5.94. The number of alkyl halides is 2. The molecule has 28 heavy (non-hydrogen) atoms. The number of nitrogens with zero attached hydrogens (tertiary/aromatic N) is 3. The maximum absolute atomic E-state index is 12.8. The first kappa shape index (κ1) is 20.0. The number of carbonyl (C=O) groups excluding carboxylic acids is 1. The van der Waals surface area contributed by atoms with Crippen molar-refractivity contribution in [1.82, 2.24) is 14.7 Å². The molecule has 1 aromatic carbocycles. The second-order valence-corrected chi connectivity index (χ2v) is 7.08. The summed E-state index contributed by atoms with van der Waals surface area (Å²) in [5.74, 6) is -1.25. The molecule has 1 N–H and O–H groups in total. The zero-order valence-electron chi connectivity index (χ0n) is 15.9. The van der Waals surface area contributed by atoms with E-state index in [1.54, 1.807) is 28.9 Å². The van der Waals surface area contributed by atoms with E-state index in [0.717, 1.165) is 35.5 Å².